The van der Waals surface area contributed by atoms with E-state index < -0.39 is 10.1 Å². The van der Waals surface area contributed by atoms with E-state index in [0.29, 0.717) is 0 Å². The predicted octanol–water partition coefficient (Wildman–Crippen LogP) is 5.57. The maximum Gasteiger partial charge on any atom is 0.313 e. The lowest BCUT2D eigenvalue weighted by Crippen LogP contribution is -2.32. The lowest BCUT2D eigenvalue weighted by atomic mass is 10.1. The number of hydroxylamine groups is 2. The van der Waals surface area contributed by atoms with Gasteiger partial charge in [0, 0.05) is 13.1 Å². The number of rotatable bonds is 10. The molecule has 1 N–H and O–H groups in total. The molecule has 0 saturated heterocycles. The van der Waals surface area contributed by atoms with Gasteiger partial charge in [-0.25, -0.2) is 0 Å². The smallest absolute Gasteiger partial charge is 0.313 e. The zero-order chi connectivity index (χ0) is 25.0. The van der Waals surface area contributed by atoms with Crippen molar-refractivity contribution in [2.24, 2.45) is 0 Å². The van der Waals surface area contributed by atoms with E-state index >= 15 is 0 Å². The molecule has 0 bridgehead atoms. The Morgan fingerprint density at radius 3 is 1.74 bits per heavy atom. The lowest BCUT2D eigenvalue weighted by Gasteiger charge is -2.23. The van der Waals surface area contributed by atoms with E-state index in [0.717, 1.165) is 31.2 Å². The van der Waals surface area contributed by atoms with Gasteiger partial charge in [-0.1, -0.05) is 78.4 Å². The Bertz CT molecular complexity index is 1050. The van der Waals surface area contributed by atoms with Crippen molar-refractivity contribution in [3.63, 3.8) is 0 Å². The van der Waals surface area contributed by atoms with Crippen molar-refractivity contribution in [2.75, 3.05) is 7.05 Å². The molecule has 0 spiro atoms. The van der Waals surface area contributed by atoms with Gasteiger partial charge in [0.15, 0.2) is 0 Å². The van der Waals surface area contributed by atoms with Gasteiger partial charge >= 0.3 is 10.1 Å². The number of hydrogen-bond donors (Lipinski definition) is 1. The summed E-state index contributed by atoms with van der Waals surface area (Å²) in [6, 6.07) is 27.0. The highest BCUT2D eigenvalue weighted by molar-refractivity contribution is 7.86. The zero-order valence-electron chi connectivity index (χ0n) is 20.6. The largest absolute Gasteiger partial charge is 0.393 e. The van der Waals surface area contributed by atoms with Gasteiger partial charge in [-0.3, -0.25) is 0 Å². The van der Waals surface area contributed by atoms with E-state index in [-0.39, 0.29) is 17.0 Å². The van der Waals surface area contributed by atoms with E-state index in [1.54, 1.807) is 31.3 Å². The van der Waals surface area contributed by atoms with Gasteiger partial charge in [0.1, 0.15) is 0 Å². The number of aliphatic hydroxyl groups excluding tert-OH is 1. The minimum atomic E-state index is -3.78. The third kappa shape index (κ3) is 10.2. The molecule has 0 aliphatic rings. The van der Waals surface area contributed by atoms with Crippen LogP contribution in [0.3, 0.4) is 0 Å². The van der Waals surface area contributed by atoms with Crippen LogP contribution in [0.15, 0.2) is 89.8 Å². The molecule has 0 radical (unpaired) electrons. The Kier molecular flexibility index (Phi) is 11.4. The fourth-order valence-electron chi connectivity index (χ4n) is 3.20. The summed E-state index contributed by atoms with van der Waals surface area (Å²) in [6.45, 7) is 5.69. The lowest BCUT2D eigenvalue weighted by molar-refractivity contribution is -0.0603. The minimum Gasteiger partial charge on any atom is -0.393 e. The summed E-state index contributed by atoms with van der Waals surface area (Å²) in [4.78, 5) is 0.171. The Morgan fingerprint density at radius 2 is 1.26 bits per heavy atom. The van der Waals surface area contributed by atoms with E-state index in [9.17, 15) is 8.42 Å². The highest BCUT2D eigenvalue weighted by Crippen LogP contribution is 2.17. The molecular formula is C28H37NO4S. The van der Waals surface area contributed by atoms with Gasteiger partial charge in [0.25, 0.3) is 0 Å². The van der Waals surface area contributed by atoms with E-state index in [1.165, 1.54) is 16.2 Å². The Hall–Kier alpha value is -2.51. The van der Waals surface area contributed by atoms with Gasteiger partial charge < -0.3 is 5.11 Å². The van der Waals surface area contributed by atoms with Crippen LogP contribution < -0.4 is 0 Å². The van der Waals surface area contributed by atoms with Crippen molar-refractivity contribution < 1.29 is 17.8 Å². The first-order valence-electron chi connectivity index (χ1n) is 11.7. The molecule has 6 heteroatoms. The third-order valence-corrected chi connectivity index (χ3v) is 6.81. The molecule has 0 amide bonds. The maximum atomic E-state index is 12.3. The molecule has 3 aromatic rings. The van der Waals surface area contributed by atoms with Crippen LogP contribution in [0.1, 0.15) is 43.4 Å². The highest BCUT2D eigenvalue weighted by Gasteiger charge is 2.21. The summed E-state index contributed by atoms with van der Waals surface area (Å²) in [5.74, 6) is 0. The molecule has 34 heavy (non-hydrogen) atoms. The third-order valence-electron chi connectivity index (χ3n) is 5.53. The molecule has 3 aromatic carbocycles. The molecule has 0 heterocycles. The van der Waals surface area contributed by atoms with Gasteiger partial charge in [-0.05, 0) is 69.7 Å². The average Bonchev–Trinajstić information content (AvgIpc) is 2.83. The van der Waals surface area contributed by atoms with Crippen LogP contribution in [0.2, 0.25) is 0 Å². The molecule has 184 valence electrons. The molecule has 0 fully saturated rings. The molecule has 2 atom stereocenters. The van der Waals surface area contributed by atoms with Crippen molar-refractivity contribution in [2.45, 2.75) is 63.5 Å². The molecule has 0 aromatic heterocycles. The van der Waals surface area contributed by atoms with Crippen molar-refractivity contribution in [1.82, 2.24) is 5.06 Å². The normalized spacial score (nSPS) is 13.1. The fourth-order valence-corrected chi connectivity index (χ4v) is 4.21. The summed E-state index contributed by atoms with van der Waals surface area (Å²) in [5, 5.41) is 10.4. The summed E-state index contributed by atoms with van der Waals surface area (Å²) in [6.07, 6.45) is 3.32. The van der Waals surface area contributed by atoms with Crippen LogP contribution in [0.4, 0.5) is 0 Å². The molecule has 2 unspecified atom stereocenters. The monoisotopic (exact) mass is 483 g/mol. The van der Waals surface area contributed by atoms with E-state index in [2.05, 4.69) is 24.3 Å². The van der Waals surface area contributed by atoms with Crippen molar-refractivity contribution >= 4 is 10.1 Å². The van der Waals surface area contributed by atoms with Crippen molar-refractivity contribution in [1.29, 1.82) is 0 Å². The summed E-state index contributed by atoms with van der Waals surface area (Å²) >= 11 is 0. The number of aliphatic hydroxyl groups is 1. The van der Waals surface area contributed by atoms with E-state index in [4.69, 9.17) is 9.39 Å². The van der Waals surface area contributed by atoms with Gasteiger partial charge in [0.2, 0.25) is 0 Å². The second-order valence-corrected chi connectivity index (χ2v) is 10.2. The fraction of sp³-hybridized carbons (Fsp3) is 0.357. The van der Waals surface area contributed by atoms with Gasteiger partial charge in [-0.15, -0.1) is 0 Å². The first-order valence-corrected chi connectivity index (χ1v) is 13.1. The van der Waals surface area contributed by atoms with Crippen molar-refractivity contribution in [3.8, 4) is 0 Å². The number of benzene rings is 3. The Labute approximate surface area is 205 Å². The predicted molar refractivity (Wildman–Crippen MR) is 138 cm³/mol. The first kappa shape index (κ1) is 27.7. The molecule has 0 aliphatic carbocycles. The van der Waals surface area contributed by atoms with Gasteiger partial charge in [0.05, 0.1) is 11.0 Å². The van der Waals surface area contributed by atoms with Crippen LogP contribution >= 0.6 is 0 Å². The molecular weight excluding hydrogens is 446 g/mol. The van der Waals surface area contributed by atoms with Gasteiger partial charge in [-0.2, -0.15) is 17.8 Å². The Morgan fingerprint density at radius 1 is 0.794 bits per heavy atom. The first-order chi connectivity index (χ1) is 16.2. The van der Waals surface area contributed by atoms with Crippen LogP contribution in [-0.4, -0.2) is 37.8 Å². The SMILES string of the molecule is CC(O)CCc1ccccc1.Cc1ccc(S(=O)(=O)ON(C)C(C)CCc2ccccc2)cc1. The van der Waals surface area contributed by atoms with Crippen LogP contribution in [0.5, 0.6) is 0 Å². The maximum absolute atomic E-state index is 12.3. The van der Waals surface area contributed by atoms with Crippen LogP contribution in [-0.2, 0) is 27.2 Å². The quantitative estimate of drug-likeness (QED) is 0.382. The van der Waals surface area contributed by atoms with Crippen molar-refractivity contribution in [3.05, 3.63) is 102 Å². The van der Waals surface area contributed by atoms with Crippen LogP contribution in [0.25, 0.3) is 0 Å². The second-order valence-electron chi connectivity index (χ2n) is 8.63. The van der Waals surface area contributed by atoms with E-state index in [1.807, 2.05) is 57.2 Å². The minimum absolute atomic E-state index is 0.0181. The summed E-state index contributed by atoms with van der Waals surface area (Å²) in [7, 11) is -2.12. The Balaban J connectivity index is 0.000000310. The molecule has 5 nitrogen and oxygen atoms in total. The number of nitrogens with zero attached hydrogens (tertiary/aromatic N) is 1. The second kappa shape index (κ2) is 14.0. The molecule has 0 saturated carbocycles. The molecule has 3 rings (SSSR count). The highest BCUT2D eigenvalue weighted by atomic mass is 32.2. The zero-order valence-corrected chi connectivity index (χ0v) is 21.4. The van der Waals surface area contributed by atoms with Crippen LogP contribution in [0, 0.1) is 6.92 Å². The topological polar surface area (TPSA) is 66.8 Å². The standard InChI is InChI=1S/C18H23NO3S.C10H14O/c1-15-9-13-18(14-10-15)23(20,21)22-19(3)16(2)11-12-17-7-5-4-6-8-17;1-9(11)7-8-10-5-3-2-4-6-10/h4-10,13-14,16H,11-12H2,1-3H3;2-6,9,11H,7-8H2,1H3. The summed E-state index contributed by atoms with van der Waals surface area (Å²) in [5.41, 5.74) is 3.54. The molecule has 0 aliphatic heterocycles. The number of aryl methyl sites for hydroxylation is 3. The number of hydrogen-bond acceptors (Lipinski definition) is 5. The summed E-state index contributed by atoms with van der Waals surface area (Å²) < 4.78 is 29.8. The average molecular weight is 484 g/mol.